The van der Waals surface area contributed by atoms with Gasteiger partial charge >= 0.3 is 0 Å². The Kier molecular flexibility index (Phi) is 4.73. The summed E-state index contributed by atoms with van der Waals surface area (Å²) in [6.07, 6.45) is 0. The molecule has 1 aliphatic carbocycles. The molecule has 0 saturated carbocycles. The minimum atomic E-state index is -0.0539. The van der Waals surface area contributed by atoms with Crippen molar-refractivity contribution in [3.8, 4) is 27.9 Å². The third kappa shape index (κ3) is 3.08. The van der Waals surface area contributed by atoms with Gasteiger partial charge in [-0.3, -0.25) is 0 Å². The molecule has 0 spiro atoms. The lowest BCUT2D eigenvalue weighted by Gasteiger charge is -2.21. The fraction of sp³-hybridized carbons (Fsp3) is 0.0732. The van der Waals surface area contributed by atoms with E-state index in [9.17, 15) is 0 Å². The van der Waals surface area contributed by atoms with E-state index in [-0.39, 0.29) is 5.41 Å². The van der Waals surface area contributed by atoms with E-state index in [2.05, 4.69) is 158 Å². The molecule has 8 aromatic rings. The van der Waals surface area contributed by atoms with Crippen LogP contribution in [0.25, 0.3) is 71.3 Å². The number of hydrogen-bond acceptors (Lipinski definition) is 0. The van der Waals surface area contributed by atoms with E-state index >= 15 is 0 Å². The van der Waals surface area contributed by atoms with Gasteiger partial charge in [-0.15, -0.1) is 0 Å². The Morgan fingerprint density at radius 3 is 1.98 bits per heavy atom. The second kappa shape index (κ2) is 8.44. The van der Waals surface area contributed by atoms with Crippen LogP contribution >= 0.6 is 0 Å². The van der Waals surface area contributed by atoms with Gasteiger partial charge in [0.25, 0.3) is 0 Å². The predicted octanol–water partition coefficient (Wildman–Crippen LogP) is 11.1. The SMILES string of the molecule is CC1(C)c2ccccc2-c2c1ccc1c3c4ccccc4ccc3n(-c3ccc(-c4cccc5ccccc45)cc3)c21. The van der Waals surface area contributed by atoms with Gasteiger partial charge in [-0.05, 0) is 67.6 Å². The highest BCUT2D eigenvalue weighted by atomic mass is 15.0. The van der Waals surface area contributed by atoms with Crippen LogP contribution in [0.15, 0.2) is 140 Å². The molecule has 0 amide bonds. The molecule has 0 radical (unpaired) electrons. The van der Waals surface area contributed by atoms with Crippen LogP contribution < -0.4 is 0 Å². The standard InChI is InChI=1S/C41H29N/c1-41(2)35-17-8-7-15-33(35)39-36(41)24-23-34-38-32-14-6-4-11-27(32)20-25-37(38)42(40(34)39)29-21-18-28(19-22-29)31-16-9-12-26-10-3-5-13-30(26)31/h3-25H,1-2H3. The fourth-order valence-corrected chi connectivity index (χ4v) is 7.60. The number of aromatic nitrogens is 1. The minimum Gasteiger partial charge on any atom is -0.309 e. The van der Waals surface area contributed by atoms with Crippen molar-refractivity contribution in [2.45, 2.75) is 19.3 Å². The van der Waals surface area contributed by atoms with Crippen molar-refractivity contribution >= 4 is 43.4 Å². The largest absolute Gasteiger partial charge is 0.309 e. The van der Waals surface area contributed by atoms with Gasteiger partial charge in [0.15, 0.2) is 0 Å². The Labute approximate surface area is 245 Å². The van der Waals surface area contributed by atoms with Crippen LogP contribution in [0.3, 0.4) is 0 Å². The molecule has 42 heavy (non-hydrogen) atoms. The van der Waals surface area contributed by atoms with E-state index < -0.39 is 0 Å². The first-order valence-corrected chi connectivity index (χ1v) is 14.8. The number of fused-ring (bicyclic) bond motifs is 10. The second-order valence-corrected chi connectivity index (χ2v) is 12.1. The Hall–Kier alpha value is -5.14. The van der Waals surface area contributed by atoms with Crippen LogP contribution in [0.1, 0.15) is 25.0 Å². The van der Waals surface area contributed by atoms with Crippen molar-refractivity contribution in [2.24, 2.45) is 0 Å². The van der Waals surface area contributed by atoms with Crippen LogP contribution in [0.5, 0.6) is 0 Å². The molecule has 0 N–H and O–H groups in total. The highest BCUT2D eigenvalue weighted by Crippen LogP contribution is 2.53. The van der Waals surface area contributed by atoms with Gasteiger partial charge in [0.2, 0.25) is 0 Å². The molecule has 1 aliphatic rings. The van der Waals surface area contributed by atoms with Crippen LogP contribution in [0.2, 0.25) is 0 Å². The Balaban J connectivity index is 1.38. The molecule has 9 rings (SSSR count). The summed E-state index contributed by atoms with van der Waals surface area (Å²) in [5.74, 6) is 0. The summed E-state index contributed by atoms with van der Waals surface area (Å²) >= 11 is 0. The summed E-state index contributed by atoms with van der Waals surface area (Å²) in [5, 5.41) is 7.77. The summed E-state index contributed by atoms with van der Waals surface area (Å²) in [6.45, 7) is 4.73. The molecule has 1 nitrogen and oxygen atoms in total. The van der Waals surface area contributed by atoms with Crippen LogP contribution in [-0.2, 0) is 5.41 Å². The molecular formula is C41H29N. The predicted molar refractivity (Wildman–Crippen MR) is 179 cm³/mol. The smallest absolute Gasteiger partial charge is 0.0622 e. The van der Waals surface area contributed by atoms with Crippen LogP contribution in [-0.4, -0.2) is 4.57 Å². The summed E-state index contributed by atoms with van der Waals surface area (Å²) in [6, 6.07) is 51.5. The molecule has 0 saturated heterocycles. The zero-order chi connectivity index (χ0) is 28.0. The maximum absolute atomic E-state index is 2.51. The summed E-state index contributed by atoms with van der Waals surface area (Å²) in [5.41, 5.74) is 11.7. The third-order valence-corrected chi connectivity index (χ3v) is 9.59. The van der Waals surface area contributed by atoms with E-state index in [0.717, 1.165) is 0 Å². The normalized spacial score (nSPS) is 13.7. The van der Waals surface area contributed by atoms with Gasteiger partial charge in [-0.25, -0.2) is 0 Å². The zero-order valence-corrected chi connectivity index (χ0v) is 23.7. The van der Waals surface area contributed by atoms with Gasteiger partial charge in [0.05, 0.1) is 11.0 Å². The average Bonchev–Trinajstić information content (AvgIpc) is 3.50. The molecule has 0 bridgehead atoms. The Morgan fingerprint density at radius 1 is 0.476 bits per heavy atom. The number of hydrogen-bond donors (Lipinski definition) is 0. The highest BCUT2D eigenvalue weighted by molar-refractivity contribution is 6.24. The third-order valence-electron chi connectivity index (χ3n) is 9.59. The lowest BCUT2D eigenvalue weighted by atomic mass is 9.82. The molecule has 7 aromatic carbocycles. The summed E-state index contributed by atoms with van der Waals surface area (Å²) in [7, 11) is 0. The van der Waals surface area contributed by atoms with E-state index in [1.54, 1.807) is 0 Å². The van der Waals surface area contributed by atoms with Crippen molar-refractivity contribution in [1.29, 1.82) is 0 Å². The lowest BCUT2D eigenvalue weighted by Crippen LogP contribution is -2.14. The molecule has 0 atom stereocenters. The molecule has 1 heterocycles. The van der Waals surface area contributed by atoms with E-state index in [4.69, 9.17) is 0 Å². The number of benzene rings is 7. The lowest BCUT2D eigenvalue weighted by molar-refractivity contribution is 0.661. The van der Waals surface area contributed by atoms with Gasteiger partial charge in [0, 0.05) is 27.4 Å². The van der Waals surface area contributed by atoms with Crippen molar-refractivity contribution in [2.75, 3.05) is 0 Å². The maximum atomic E-state index is 2.51. The van der Waals surface area contributed by atoms with Gasteiger partial charge in [-0.1, -0.05) is 135 Å². The van der Waals surface area contributed by atoms with E-state index in [1.165, 1.54) is 82.4 Å². The van der Waals surface area contributed by atoms with Crippen molar-refractivity contribution < 1.29 is 0 Å². The fourth-order valence-electron chi connectivity index (χ4n) is 7.60. The molecule has 0 unspecified atom stereocenters. The quantitative estimate of drug-likeness (QED) is 0.207. The maximum Gasteiger partial charge on any atom is 0.0622 e. The number of rotatable bonds is 2. The average molecular weight is 536 g/mol. The first-order valence-electron chi connectivity index (χ1n) is 14.8. The molecule has 0 aliphatic heterocycles. The first-order chi connectivity index (χ1) is 20.6. The molecule has 1 aromatic heterocycles. The second-order valence-electron chi connectivity index (χ2n) is 12.1. The van der Waals surface area contributed by atoms with Crippen molar-refractivity contribution in [1.82, 2.24) is 4.57 Å². The highest BCUT2D eigenvalue weighted by Gasteiger charge is 2.37. The molecular weight excluding hydrogens is 506 g/mol. The van der Waals surface area contributed by atoms with E-state index in [0.29, 0.717) is 0 Å². The monoisotopic (exact) mass is 535 g/mol. The van der Waals surface area contributed by atoms with Gasteiger partial charge in [0.1, 0.15) is 0 Å². The first kappa shape index (κ1) is 23.6. The van der Waals surface area contributed by atoms with Gasteiger partial charge < -0.3 is 4.57 Å². The minimum absolute atomic E-state index is 0.0539. The zero-order valence-electron chi connectivity index (χ0n) is 23.7. The summed E-state index contributed by atoms with van der Waals surface area (Å²) < 4.78 is 2.51. The van der Waals surface area contributed by atoms with Crippen molar-refractivity contribution in [3.05, 3.63) is 151 Å². The molecule has 198 valence electrons. The van der Waals surface area contributed by atoms with E-state index in [1.807, 2.05) is 0 Å². The van der Waals surface area contributed by atoms with Crippen LogP contribution in [0.4, 0.5) is 0 Å². The topological polar surface area (TPSA) is 4.93 Å². The van der Waals surface area contributed by atoms with Crippen LogP contribution in [0, 0.1) is 0 Å². The molecule has 0 fully saturated rings. The number of nitrogens with zero attached hydrogens (tertiary/aromatic N) is 1. The van der Waals surface area contributed by atoms with Crippen molar-refractivity contribution in [3.63, 3.8) is 0 Å². The van der Waals surface area contributed by atoms with Gasteiger partial charge in [-0.2, -0.15) is 0 Å². The summed E-state index contributed by atoms with van der Waals surface area (Å²) in [4.78, 5) is 0. The Morgan fingerprint density at radius 2 is 1.14 bits per heavy atom. The Bertz CT molecular complexity index is 2360. The molecule has 1 heteroatoms.